The molecule has 0 fully saturated rings. The molecule has 9 heteroatoms. The van der Waals surface area contributed by atoms with Crippen LogP contribution in [-0.4, -0.2) is 30.5 Å². The lowest BCUT2D eigenvalue weighted by atomic mass is 10.0. The van der Waals surface area contributed by atoms with E-state index in [0.29, 0.717) is 0 Å². The van der Waals surface area contributed by atoms with Crippen molar-refractivity contribution in [2.75, 3.05) is 6.61 Å². The summed E-state index contributed by atoms with van der Waals surface area (Å²) in [7, 11) is 0. The summed E-state index contributed by atoms with van der Waals surface area (Å²) in [6.45, 7) is -0.718. The Hall–Kier alpha value is -1.77. The second kappa shape index (κ2) is 6.55. The Morgan fingerprint density at radius 3 is 1.95 bits per heavy atom. The van der Waals surface area contributed by atoms with E-state index in [0.717, 1.165) is 5.56 Å². The number of carbonyl (C=O) groups is 1. The summed E-state index contributed by atoms with van der Waals surface area (Å²) in [5, 5.41) is 11.0. The molecule has 0 aromatic heterocycles. The van der Waals surface area contributed by atoms with Crippen LogP contribution in [0.15, 0.2) is 30.3 Å². The maximum Gasteiger partial charge on any atom is 0.399 e. The van der Waals surface area contributed by atoms with Gasteiger partial charge in [0.15, 0.2) is 5.60 Å². The lowest BCUT2D eigenvalue weighted by molar-refractivity contribution is -0.574. The standard InChI is InChI=1S/C13H11F6O3/c14-12(15,16)11(21,13(17,18)19)10(20)22-8-4-7-9-5-2-1-3-6-9/h1-3,5-6H,4,7-8H2/q-1. The predicted molar refractivity (Wildman–Crippen MR) is 60.6 cm³/mol. The molecule has 124 valence electrons. The Kier molecular flexibility index (Phi) is 5.44. The molecule has 0 amide bonds. The van der Waals surface area contributed by atoms with E-state index in [4.69, 9.17) is 0 Å². The fourth-order valence-electron chi connectivity index (χ4n) is 1.58. The Bertz CT molecular complexity index is 481. The van der Waals surface area contributed by atoms with Crippen molar-refractivity contribution >= 4 is 5.97 Å². The van der Waals surface area contributed by atoms with Crippen molar-refractivity contribution in [3.05, 3.63) is 35.9 Å². The maximum absolute atomic E-state index is 12.3. The minimum absolute atomic E-state index is 0.0124. The molecule has 1 rings (SSSR count). The van der Waals surface area contributed by atoms with E-state index >= 15 is 0 Å². The molecule has 0 saturated carbocycles. The average Bonchev–Trinajstić information content (AvgIpc) is 2.41. The highest BCUT2D eigenvalue weighted by Gasteiger charge is 2.68. The monoisotopic (exact) mass is 329 g/mol. The lowest BCUT2D eigenvalue weighted by Gasteiger charge is -2.40. The van der Waals surface area contributed by atoms with Crippen molar-refractivity contribution in [3.63, 3.8) is 0 Å². The van der Waals surface area contributed by atoms with Crippen LogP contribution in [-0.2, 0) is 16.0 Å². The third-order valence-electron chi connectivity index (χ3n) is 2.77. The number of hydrogen-bond donors (Lipinski definition) is 0. The highest BCUT2D eigenvalue weighted by Crippen LogP contribution is 2.41. The Labute approximate surface area is 121 Å². The van der Waals surface area contributed by atoms with E-state index in [-0.39, 0.29) is 12.8 Å². The van der Waals surface area contributed by atoms with E-state index in [1.807, 2.05) is 0 Å². The van der Waals surface area contributed by atoms with Crippen molar-refractivity contribution < 1.29 is 41.0 Å². The smallest absolute Gasteiger partial charge is 0.399 e. The molecule has 0 spiro atoms. The zero-order valence-corrected chi connectivity index (χ0v) is 11.0. The number of ether oxygens (including phenoxy) is 1. The first kappa shape index (κ1) is 18.3. The van der Waals surface area contributed by atoms with Gasteiger partial charge < -0.3 is 9.84 Å². The van der Waals surface area contributed by atoms with Crippen LogP contribution in [0.25, 0.3) is 0 Å². The van der Waals surface area contributed by atoms with Gasteiger partial charge in [0.05, 0.1) is 6.61 Å². The van der Waals surface area contributed by atoms with E-state index < -0.39 is 30.5 Å². The fraction of sp³-hybridized carbons (Fsp3) is 0.462. The molecular formula is C13H11F6O3-. The van der Waals surface area contributed by atoms with Gasteiger partial charge in [-0.05, 0) is 18.4 Å². The van der Waals surface area contributed by atoms with E-state index in [2.05, 4.69) is 4.74 Å². The van der Waals surface area contributed by atoms with Crippen molar-refractivity contribution in [3.8, 4) is 0 Å². The summed E-state index contributed by atoms with van der Waals surface area (Å²) in [5.41, 5.74) is -5.01. The largest absolute Gasteiger partial charge is 0.828 e. The summed E-state index contributed by atoms with van der Waals surface area (Å²) in [5.74, 6) is -2.89. The second-order valence-corrected chi connectivity index (χ2v) is 4.40. The molecule has 0 unspecified atom stereocenters. The van der Waals surface area contributed by atoms with Crippen LogP contribution in [0.3, 0.4) is 0 Å². The molecule has 0 aliphatic rings. The first-order chi connectivity index (χ1) is 10.00. The topological polar surface area (TPSA) is 49.4 Å². The number of halogens is 6. The Morgan fingerprint density at radius 1 is 1.00 bits per heavy atom. The van der Waals surface area contributed by atoms with Crippen LogP contribution in [0, 0.1) is 0 Å². The van der Waals surface area contributed by atoms with Crippen molar-refractivity contribution in [1.29, 1.82) is 0 Å². The van der Waals surface area contributed by atoms with Gasteiger partial charge in [-0.1, -0.05) is 30.3 Å². The van der Waals surface area contributed by atoms with Gasteiger partial charge in [-0.2, -0.15) is 26.3 Å². The highest BCUT2D eigenvalue weighted by atomic mass is 19.4. The molecule has 22 heavy (non-hydrogen) atoms. The molecule has 3 nitrogen and oxygen atoms in total. The maximum atomic E-state index is 12.3. The fourth-order valence-corrected chi connectivity index (χ4v) is 1.58. The summed E-state index contributed by atoms with van der Waals surface area (Å²) >= 11 is 0. The van der Waals surface area contributed by atoms with Crippen LogP contribution in [0.4, 0.5) is 26.3 Å². The molecule has 0 N–H and O–H groups in total. The summed E-state index contributed by atoms with van der Waals surface area (Å²) in [6, 6.07) is 8.48. The molecule has 1 aromatic carbocycles. The number of rotatable bonds is 5. The molecule has 0 saturated heterocycles. The van der Waals surface area contributed by atoms with Crippen molar-refractivity contribution in [2.45, 2.75) is 30.8 Å². The number of benzene rings is 1. The molecular weight excluding hydrogens is 318 g/mol. The molecule has 1 aromatic rings. The quantitative estimate of drug-likeness (QED) is 0.473. The molecule has 0 atom stereocenters. The van der Waals surface area contributed by atoms with Crippen molar-refractivity contribution in [1.82, 2.24) is 0 Å². The van der Waals surface area contributed by atoms with Gasteiger partial charge in [0, 0.05) is 0 Å². The van der Waals surface area contributed by atoms with E-state index in [1.165, 1.54) is 0 Å². The van der Waals surface area contributed by atoms with Crippen LogP contribution in [0.5, 0.6) is 0 Å². The van der Waals surface area contributed by atoms with Gasteiger partial charge >= 0.3 is 18.3 Å². The highest BCUT2D eigenvalue weighted by molar-refractivity contribution is 5.81. The van der Waals surface area contributed by atoms with Crippen LogP contribution in [0.1, 0.15) is 12.0 Å². The van der Waals surface area contributed by atoms with Gasteiger partial charge in [-0.15, -0.1) is 0 Å². The average molecular weight is 329 g/mol. The number of alkyl halides is 6. The van der Waals surface area contributed by atoms with Crippen LogP contribution in [0.2, 0.25) is 0 Å². The Morgan fingerprint density at radius 2 is 1.50 bits per heavy atom. The third kappa shape index (κ3) is 3.90. The van der Waals surface area contributed by atoms with Gasteiger partial charge in [-0.25, -0.2) is 0 Å². The van der Waals surface area contributed by atoms with Crippen molar-refractivity contribution in [2.24, 2.45) is 0 Å². The van der Waals surface area contributed by atoms with Crippen LogP contribution >= 0.6 is 0 Å². The Balaban J connectivity index is 2.62. The van der Waals surface area contributed by atoms with E-state index in [9.17, 15) is 36.2 Å². The first-order valence-electron chi connectivity index (χ1n) is 6.05. The summed E-state index contributed by atoms with van der Waals surface area (Å²) in [6.07, 6.45) is -12.4. The zero-order chi connectivity index (χ0) is 17.0. The van der Waals surface area contributed by atoms with Gasteiger partial charge in [0.1, 0.15) is 0 Å². The minimum atomic E-state index is -6.33. The molecule has 0 radical (unpaired) electrons. The first-order valence-corrected chi connectivity index (χ1v) is 6.05. The number of carbonyl (C=O) groups excluding carboxylic acids is 1. The van der Waals surface area contributed by atoms with E-state index in [1.54, 1.807) is 30.3 Å². The number of esters is 1. The van der Waals surface area contributed by atoms with Gasteiger partial charge in [-0.3, -0.25) is 4.79 Å². The van der Waals surface area contributed by atoms with Gasteiger partial charge in [0.25, 0.3) is 0 Å². The molecule has 0 bridgehead atoms. The molecule has 0 aliphatic carbocycles. The summed E-state index contributed by atoms with van der Waals surface area (Å²) < 4.78 is 77.6. The van der Waals surface area contributed by atoms with Gasteiger partial charge in [0.2, 0.25) is 0 Å². The number of aryl methyl sites for hydroxylation is 1. The van der Waals surface area contributed by atoms with Crippen LogP contribution < -0.4 is 5.11 Å². The zero-order valence-electron chi connectivity index (χ0n) is 11.0. The summed E-state index contributed by atoms with van der Waals surface area (Å²) in [4.78, 5) is 11.0. The molecule has 0 heterocycles. The second-order valence-electron chi connectivity index (χ2n) is 4.40. The predicted octanol–water partition coefficient (Wildman–Crippen LogP) is 2.39. The SMILES string of the molecule is O=C(OCCCc1ccccc1)C([O-])(C(F)(F)F)C(F)(F)F. The number of hydrogen-bond acceptors (Lipinski definition) is 3. The normalized spacial score (nSPS) is 13.0. The molecule has 0 aliphatic heterocycles. The lowest BCUT2D eigenvalue weighted by Crippen LogP contribution is -2.71. The minimum Gasteiger partial charge on any atom is -0.828 e. The third-order valence-corrected chi connectivity index (χ3v) is 2.77.